The zero-order chi connectivity index (χ0) is 22.6. The average molecular weight is 431 g/mol. The van der Waals surface area contributed by atoms with Crippen LogP contribution in [-0.4, -0.2) is 42.1 Å². The molecule has 0 aromatic heterocycles. The van der Waals surface area contributed by atoms with Gasteiger partial charge >= 0.3 is 0 Å². The summed E-state index contributed by atoms with van der Waals surface area (Å²) in [6.07, 6.45) is 5.09. The van der Waals surface area contributed by atoms with Crippen LogP contribution in [0.1, 0.15) is 88.6 Å². The second-order valence-electron chi connectivity index (χ2n) is 11.1. The Balaban J connectivity index is 1.59. The van der Waals surface area contributed by atoms with E-state index >= 15 is 0 Å². The van der Waals surface area contributed by atoms with Crippen LogP contribution in [0.25, 0.3) is 0 Å². The maximum absolute atomic E-state index is 13.2. The third-order valence-corrected chi connectivity index (χ3v) is 8.19. The number of aliphatic hydroxyl groups is 1. The molecule has 0 spiro atoms. The second kappa shape index (κ2) is 7.86. The van der Waals surface area contributed by atoms with Crippen LogP contribution in [0.4, 0.5) is 0 Å². The molecule has 0 aliphatic heterocycles. The van der Waals surface area contributed by atoms with Gasteiger partial charge in [-0.05, 0) is 94.2 Å². The maximum Gasteiger partial charge on any atom is 0.163 e. The van der Waals surface area contributed by atoms with Crippen molar-refractivity contribution in [2.45, 2.75) is 90.1 Å². The van der Waals surface area contributed by atoms with Crippen LogP contribution in [0.5, 0.6) is 5.75 Å². The summed E-state index contributed by atoms with van der Waals surface area (Å²) in [6, 6.07) is 5.94. The van der Waals surface area contributed by atoms with Gasteiger partial charge < -0.3 is 19.3 Å². The first-order valence-electron chi connectivity index (χ1n) is 11.7. The van der Waals surface area contributed by atoms with E-state index in [1.807, 2.05) is 39.8 Å². The molecule has 5 nitrogen and oxygen atoms in total. The Kier molecular flexibility index (Phi) is 5.77. The van der Waals surface area contributed by atoms with Crippen molar-refractivity contribution in [1.82, 2.24) is 0 Å². The molecule has 1 aromatic rings. The summed E-state index contributed by atoms with van der Waals surface area (Å²) in [5.41, 5.74) is 1.40. The van der Waals surface area contributed by atoms with Crippen molar-refractivity contribution < 1.29 is 24.1 Å². The molecule has 0 amide bonds. The molecule has 5 heteroatoms. The molecule has 3 aliphatic carbocycles. The highest BCUT2D eigenvalue weighted by molar-refractivity contribution is 5.99. The second-order valence-corrected chi connectivity index (χ2v) is 11.1. The number of methoxy groups -OCH3 is 1. The van der Waals surface area contributed by atoms with Crippen molar-refractivity contribution >= 4 is 5.78 Å². The fourth-order valence-corrected chi connectivity index (χ4v) is 6.33. The number of Topliss-reactive ketones (excluding diaryl/α,β-unsaturated/α-hetero) is 1. The summed E-state index contributed by atoms with van der Waals surface area (Å²) < 4.78 is 17.9. The largest absolute Gasteiger partial charge is 0.485 e. The van der Waals surface area contributed by atoms with Gasteiger partial charge in [-0.25, -0.2) is 0 Å². The fourth-order valence-electron chi connectivity index (χ4n) is 6.33. The molecule has 0 heterocycles. The molecule has 1 N–H and O–H groups in total. The fraction of sp³-hybridized carbons (Fsp3) is 0.731. The predicted molar refractivity (Wildman–Crippen MR) is 119 cm³/mol. The van der Waals surface area contributed by atoms with Crippen molar-refractivity contribution in [2.75, 3.05) is 13.7 Å². The molecule has 172 valence electrons. The van der Waals surface area contributed by atoms with E-state index in [1.54, 1.807) is 7.11 Å². The minimum absolute atomic E-state index is 0.0773. The summed E-state index contributed by atoms with van der Waals surface area (Å²) in [5, 5.41) is 9.51. The summed E-state index contributed by atoms with van der Waals surface area (Å²) in [4.78, 5) is 13.2. The molecular weight excluding hydrogens is 392 g/mol. The van der Waals surface area contributed by atoms with Crippen LogP contribution in [0.15, 0.2) is 18.2 Å². The number of hydrogen-bond acceptors (Lipinski definition) is 5. The first-order valence-corrected chi connectivity index (χ1v) is 11.7. The molecule has 3 unspecified atom stereocenters. The van der Waals surface area contributed by atoms with E-state index in [4.69, 9.17) is 14.2 Å². The highest BCUT2D eigenvalue weighted by Crippen LogP contribution is 2.62. The third kappa shape index (κ3) is 4.05. The van der Waals surface area contributed by atoms with Gasteiger partial charge in [0.2, 0.25) is 0 Å². The van der Waals surface area contributed by atoms with E-state index in [-0.39, 0.29) is 23.9 Å². The van der Waals surface area contributed by atoms with E-state index < -0.39 is 11.4 Å². The minimum Gasteiger partial charge on any atom is -0.485 e. The average Bonchev–Trinajstić information content (AvgIpc) is 3.04. The Morgan fingerprint density at radius 3 is 2.58 bits per heavy atom. The SMILES string of the molecule is COC(C)(C)O[C@H]1CCC2C3CC(=O)c4cc(OC(C)(C)CO)ccc4C3CC[C@@]21C. The lowest BCUT2D eigenvalue weighted by molar-refractivity contribution is -0.245. The molecule has 3 aliphatic rings. The Morgan fingerprint density at radius 2 is 1.90 bits per heavy atom. The number of fused-ring (bicyclic) bond motifs is 5. The molecule has 1 aromatic carbocycles. The van der Waals surface area contributed by atoms with Gasteiger partial charge in [0, 0.05) is 19.1 Å². The van der Waals surface area contributed by atoms with Crippen LogP contribution in [0.2, 0.25) is 0 Å². The number of ether oxygens (including phenoxy) is 3. The molecule has 31 heavy (non-hydrogen) atoms. The Hall–Kier alpha value is -1.43. The maximum atomic E-state index is 13.2. The molecule has 2 saturated carbocycles. The monoisotopic (exact) mass is 430 g/mol. The summed E-state index contributed by atoms with van der Waals surface area (Å²) >= 11 is 0. The van der Waals surface area contributed by atoms with Crippen LogP contribution in [0.3, 0.4) is 0 Å². The van der Waals surface area contributed by atoms with E-state index in [9.17, 15) is 9.90 Å². The van der Waals surface area contributed by atoms with Gasteiger partial charge in [-0.2, -0.15) is 0 Å². The molecule has 5 atom stereocenters. The minimum atomic E-state index is -0.671. The number of ketones is 1. The van der Waals surface area contributed by atoms with Gasteiger partial charge in [0.05, 0.1) is 12.7 Å². The zero-order valence-electron chi connectivity index (χ0n) is 19.9. The molecule has 4 rings (SSSR count). The van der Waals surface area contributed by atoms with E-state index in [1.165, 1.54) is 5.56 Å². The Labute approximate surface area is 186 Å². The lowest BCUT2D eigenvalue weighted by atomic mass is 9.55. The molecule has 2 fully saturated rings. The van der Waals surface area contributed by atoms with Gasteiger partial charge in [-0.1, -0.05) is 13.0 Å². The van der Waals surface area contributed by atoms with E-state index in [0.29, 0.717) is 29.9 Å². The zero-order valence-corrected chi connectivity index (χ0v) is 19.9. The smallest absolute Gasteiger partial charge is 0.163 e. The van der Waals surface area contributed by atoms with Gasteiger partial charge in [0.1, 0.15) is 11.4 Å². The van der Waals surface area contributed by atoms with Gasteiger partial charge in [-0.15, -0.1) is 0 Å². The van der Waals surface area contributed by atoms with E-state index in [2.05, 4.69) is 13.0 Å². The summed E-state index contributed by atoms with van der Waals surface area (Å²) in [6.45, 7) is 9.93. The highest BCUT2D eigenvalue weighted by Gasteiger charge is 2.57. The Morgan fingerprint density at radius 1 is 1.16 bits per heavy atom. The predicted octanol–water partition coefficient (Wildman–Crippen LogP) is 5.10. The highest BCUT2D eigenvalue weighted by atomic mass is 16.7. The number of rotatable bonds is 6. The van der Waals surface area contributed by atoms with Crippen LogP contribution >= 0.6 is 0 Å². The van der Waals surface area contributed by atoms with Crippen molar-refractivity contribution in [2.24, 2.45) is 17.3 Å². The third-order valence-electron chi connectivity index (χ3n) is 8.19. The Bertz CT molecular complexity index is 844. The standard InChI is InChI=1S/C26H38O5/c1-24(2,15-27)30-16-7-8-17-18-11-12-26(5)21(19(18)14-22(28)20(17)13-16)9-10-23(26)31-25(3,4)29-6/h7-8,13,18-19,21,23,27H,9-12,14-15H2,1-6H3/t18?,19?,21?,23-,26-/m0/s1. The van der Waals surface area contributed by atoms with Gasteiger partial charge in [-0.3, -0.25) is 4.79 Å². The molecule has 0 saturated heterocycles. The molecular formula is C26H38O5. The number of hydrogen-bond donors (Lipinski definition) is 1. The molecule has 0 bridgehead atoms. The normalized spacial score (nSPS) is 32.9. The van der Waals surface area contributed by atoms with E-state index in [0.717, 1.165) is 31.2 Å². The van der Waals surface area contributed by atoms with Gasteiger partial charge in [0.25, 0.3) is 0 Å². The first-order chi connectivity index (χ1) is 14.5. The van der Waals surface area contributed by atoms with Crippen molar-refractivity contribution in [3.63, 3.8) is 0 Å². The van der Waals surface area contributed by atoms with Crippen molar-refractivity contribution in [3.05, 3.63) is 29.3 Å². The number of carbonyl (C=O) groups excluding carboxylic acids is 1. The lowest BCUT2D eigenvalue weighted by Crippen LogP contribution is -2.47. The van der Waals surface area contributed by atoms with Crippen molar-refractivity contribution in [1.29, 1.82) is 0 Å². The van der Waals surface area contributed by atoms with Gasteiger partial charge in [0.15, 0.2) is 11.6 Å². The lowest BCUT2D eigenvalue weighted by Gasteiger charge is -2.51. The van der Waals surface area contributed by atoms with Crippen LogP contribution < -0.4 is 4.74 Å². The first kappa shape index (κ1) is 22.8. The summed E-state index contributed by atoms with van der Waals surface area (Å²) in [5.74, 6) is 1.56. The van der Waals surface area contributed by atoms with Crippen LogP contribution in [0, 0.1) is 17.3 Å². The number of aliphatic hydroxyl groups excluding tert-OH is 1. The number of benzene rings is 1. The quantitative estimate of drug-likeness (QED) is 0.636. The summed E-state index contributed by atoms with van der Waals surface area (Å²) in [7, 11) is 1.70. The van der Waals surface area contributed by atoms with Crippen molar-refractivity contribution in [3.8, 4) is 5.75 Å². The molecule has 0 radical (unpaired) electrons. The topological polar surface area (TPSA) is 65.0 Å². The number of carbonyl (C=O) groups is 1. The van der Waals surface area contributed by atoms with Crippen LogP contribution in [-0.2, 0) is 9.47 Å².